The van der Waals surface area contributed by atoms with E-state index < -0.39 is 6.36 Å². The van der Waals surface area contributed by atoms with Gasteiger partial charge in [-0.25, -0.2) is 4.52 Å². The Morgan fingerprint density at radius 1 is 1.05 bits per heavy atom. The molecule has 7 nitrogen and oxygen atoms in total. The molecule has 2 aromatic heterocycles. The Kier molecular flexibility index (Phi) is 7.86. The van der Waals surface area contributed by atoms with Gasteiger partial charge in [0.1, 0.15) is 11.3 Å². The molecule has 0 bridgehead atoms. The summed E-state index contributed by atoms with van der Waals surface area (Å²) >= 11 is 0. The van der Waals surface area contributed by atoms with E-state index in [9.17, 15) is 18.0 Å². The molecule has 1 N–H and O–H groups in total. The van der Waals surface area contributed by atoms with Gasteiger partial charge in [-0.3, -0.25) is 4.79 Å². The number of amides is 1. The summed E-state index contributed by atoms with van der Waals surface area (Å²) in [6.45, 7) is 6.28. The average molecular weight is 553 g/mol. The number of piperidine rings is 1. The molecule has 4 aromatic rings. The Morgan fingerprint density at radius 2 is 1.75 bits per heavy atom. The molecule has 1 aliphatic heterocycles. The Morgan fingerprint density at radius 3 is 2.40 bits per heavy atom. The summed E-state index contributed by atoms with van der Waals surface area (Å²) in [5.41, 5.74) is 5.24. The van der Waals surface area contributed by atoms with Crippen molar-refractivity contribution < 1.29 is 27.4 Å². The van der Waals surface area contributed by atoms with Gasteiger partial charge in [0, 0.05) is 31.5 Å². The summed E-state index contributed by atoms with van der Waals surface area (Å²) < 4.78 is 48.5. The van der Waals surface area contributed by atoms with E-state index in [4.69, 9.17) is 4.74 Å². The van der Waals surface area contributed by atoms with Gasteiger partial charge in [-0.05, 0) is 85.7 Å². The number of rotatable bonds is 8. The van der Waals surface area contributed by atoms with Crippen molar-refractivity contribution in [2.24, 2.45) is 0 Å². The number of benzene rings is 2. The van der Waals surface area contributed by atoms with E-state index in [1.165, 1.54) is 12.1 Å². The number of aryl methyl sites for hydroxylation is 1. The topological polar surface area (TPSA) is 68.1 Å². The van der Waals surface area contributed by atoms with Gasteiger partial charge in [0.2, 0.25) is 5.88 Å². The van der Waals surface area contributed by atoms with Crippen molar-refractivity contribution in [2.45, 2.75) is 45.5 Å². The highest BCUT2D eigenvalue weighted by atomic mass is 19.4. The first-order chi connectivity index (χ1) is 19.2. The molecule has 210 valence electrons. The molecule has 2 aromatic carbocycles. The molecule has 1 aliphatic rings. The molecule has 0 spiro atoms. The predicted octanol–water partition coefficient (Wildman–Crippen LogP) is 6.25. The summed E-state index contributed by atoms with van der Waals surface area (Å²) in [5, 5.41) is 7.40. The number of carbonyl (C=O) groups is 1. The second-order valence-corrected chi connectivity index (χ2v) is 9.87. The summed E-state index contributed by atoms with van der Waals surface area (Å²) in [6.07, 6.45) is -1.07. The van der Waals surface area contributed by atoms with Crippen molar-refractivity contribution in [1.29, 1.82) is 0 Å². The van der Waals surface area contributed by atoms with Crippen LogP contribution in [0.4, 0.5) is 18.9 Å². The molecule has 10 heteroatoms. The number of aromatic nitrogens is 2. The number of hydrogen-bond donors (Lipinski definition) is 1. The van der Waals surface area contributed by atoms with Crippen molar-refractivity contribution in [3.8, 4) is 11.6 Å². The van der Waals surface area contributed by atoms with Crippen LogP contribution in [0.2, 0.25) is 0 Å². The molecule has 0 radical (unpaired) electrons. The summed E-state index contributed by atoms with van der Waals surface area (Å²) in [6, 6.07) is 18.1. The third kappa shape index (κ3) is 6.32. The third-order valence-corrected chi connectivity index (χ3v) is 7.10. The van der Waals surface area contributed by atoms with Gasteiger partial charge in [-0.15, -0.1) is 18.3 Å². The molecule has 0 unspecified atom stereocenters. The highest BCUT2D eigenvalue weighted by Gasteiger charge is 2.31. The first-order valence-electron chi connectivity index (χ1n) is 13.3. The van der Waals surface area contributed by atoms with Crippen LogP contribution < -0.4 is 19.7 Å². The van der Waals surface area contributed by atoms with E-state index in [0.29, 0.717) is 30.1 Å². The van der Waals surface area contributed by atoms with Crippen LogP contribution in [0, 0.1) is 6.92 Å². The van der Waals surface area contributed by atoms with Crippen LogP contribution in [0.25, 0.3) is 5.52 Å². The summed E-state index contributed by atoms with van der Waals surface area (Å²) in [4.78, 5) is 15.4. The Labute approximate surface area is 230 Å². The maximum Gasteiger partial charge on any atom is 0.573 e. The predicted molar refractivity (Wildman–Crippen MR) is 146 cm³/mol. The Balaban J connectivity index is 1.16. The van der Waals surface area contributed by atoms with E-state index in [1.54, 1.807) is 16.6 Å². The lowest BCUT2D eigenvalue weighted by Gasteiger charge is -2.34. The maximum absolute atomic E-state index is 13.1. The van der Waals surface area contributed by atoms with Crippen molar-refractivity contribution in [1.82, 2.24) is 14.9 Å². The van der Waals surface area contributed by atoms with Crippen LogP contribution in [0.3, 0.4) is 0 Å². The molecule has 0 saturated carbocycles. The molecule has 1 fully saturated rings. The smallest absolute Gasteiger partial charge is 0.476 e. The van der Waals surface area contributed by atoms with Crippen molar-refractivity contribution in [2.75, 3.05) is 24.6 Å². The lowest BCUT2D eigenvalue weighted by molar-refractivity contribution is -0.274. The highest BCUT2D eigenvalue weighted by Crippen LogP contribution is 2.32. The molecule has 3 heterocycles. The number of carbonyl (C=O) groups excluding carboxylic acids is 1. The molecule has 1 saturated heterocycles. The molecule has 40 heavy (non-hydrogen) atoms. The van der Waals surface area contributed by atoms with E-state index in [0.717, 1.165) is 48.3 Å². The van der Waals surface area contributed by atoms with Crippen LogP contribution in [0.1, 0.15) is 52.7 Å². The van der Waals surface area contributed by atoms with Gasteiger partial charge in [0.05, 0.1) is 12.1 Å². The molecular weight excluding hydrogens is 521 g/mol. The number of halogens is 3. The lowest BCUT2D eigenvalue weighted by Crippen LogP contribution is -2.32. The minimum atomic E-state index is -4.69. The largest absolute Gasteiger partial charge is 0.573 e. The second-order valence-electron chi connectivity index (χ2n) is 9.87. The van der Waals surface area contributed by atoms with E-state index >= 15 is 0 Å². The first kappa shape index (κ1) is 27.4. The maximum atomic E-state index is 13.1. The first-order valence-corrected chi connectivity index (χ1v) is 13.3. The van der Waals surface area contributed by atoms with Gasteiger partial charge >= 0.3 is 6.36 Å². The van der Waals surface area contributed by atoms with Crippen molar-refractivity contribution in [3.05, 3.63) is 89.1 Å². The number of nitrogens with zero attached hydrogens (tertiary/aromatic N) is 3. The molecule has 5 rings (SSSR count). The number of pyridine rings is 1. The molecule has 0 atom stereocenters. The number of fused-ring (bicyclic) bond motifs is 1. The fourth-order valence-corrected chi connectivity index (χ4v) is 5.09. The van der Waals surface area contributed by atoms with Gasteiger partial charge in [-0.2, -0.15) is 0 Å². The van der Waals surface area contributed by atoms with E-state index in [-0.39, 0.29) is 17.6 Å². The van der Waals surface area contributed by atoms with Gasteiger partial charge in [0.15, 0.2) is 0 Å². The van der Waals surface area contributed by atoms with Crippen LogP contribution in [0.15, 0.2) is 66.9 Å². The van der Waals surface area contributed by atoms with Gasteiger partial charge < -0.3 is 19.7 Å². The van der Waals surface area contributed by atoms with Crippen LogP contribution in [0.5, 0.6) is 11.6 Å². The monoisotopic (exact) mass is 552 g/mol. The fourth-order valence-electron chi connectivity index (χ4n) is 5.09. The summed E-state index contributed by atoms with van der Waals surface area (Å²) in [5.74, 6) is 0.160. The standard InChI is InChI=1S/C30H31F3N4O3/c1-3-39-29-27(26-18-20(2)12-17-37(26)35-29)28(38)34-19-21-4-8-24(9-5-21)36-15-13-23(14-16-36)22-6-10-25(11-7-22)40-30(31,32)33/h4-12,17-18,23H,3,13-16,19H2,1-2H3,(H,34,38). The van der Waals surface area contributed by atoms with Gasteiger partial charge in [-0.1, -0.05) is 24.3 Å². The SMILES string of the molecule is CCOc1nn2ccc(C)cc2c1C(=O)NCc1ccc(N2CCC(c3ccc(OC(F)(F)F)cc3)CC2)cc1. The van der Waals surface area contributed by atoms with E-state index in [1.807, 2.05) is 44.3 Å². The number of anilines is 1. The summed E-state index contributed by atoms with van der Waals surface area (Å²) in [7, 11) is 0. The molecule has 1 amide bonds. The number of alkyl halides is 3. The molecular formula is C30H31F3N4O3. The molecule has 0 aliphatic carbocycles. The normalized spacial score (nSPS) is 14.4. The highest BCUT2D eigenvalue weighted by molar-refractivity contribution is 6.03. The zero-order valence-corrected chi connectivity index (χ0v) is 22.4. The minimum absolute atomic E-state index is 0.200. The Bertz CT molecular complexity index is 1460. The zero-order valence-electron chi connectivity index (χ0n) is 22.4. The van der Waals surface area contributed by atoms with Crippen LogP contribution in [-0.4, -0.2) is 41.6 Å². The lowest BCUT2D eigenvalue weighted by atomic mass is 9.89. The zero-order chi connectivity index (χ0) is 28.3. The van der Waals surface area contributed by atoms with Gasteiger partial charge in [0.25, 0.3) is 5.91 Å². The Hall–Kier alpha value is -4.21. The average Bonchev–Trinajstić information content (AvgIpc) is 3.29. The van der Waals surface area contributed by atoms with Crippen molar-refractivity contribution >= 4 is 17.1 Å². The number of hydrogen-bond acceptors (Lipinski definition) is 5. The number of ether oxygens (including phenoxy) is 2. The second kappa shape index (κ2) is 11.5. The number of nitrogens with one attached hydrogen (secondary N) is 1. The van der Waals surface area contributed by atoms with Crippen LogP contribution in [-0.2, 0) is 6.54 Å². The minimum Gasteiger partial charge on any atom is -0.476 e. The quantitative estimate of drug-likeness (QED) is 0.280. The van der Waals surface area contributed by atoms with Crippen LogP contribution >= 0.6 is 0 Å². The van der Waals surface area contributed by atoms with Crippen molar-refractivity contribution in [3.63, 3.8) is 0 Å². The fraction of sp³-hybridized carbons (Fsp3) is 0.333. The van der Waals surface area contributed by atoms with E-state index in [2.05, 4.69) is 32.2 Å². The third-order valence-electron chi connectivity index (χ3n) is 7.10.